The lowest BCUT2D eigenvalue weighted by Gasteiger charge is -1.72. The van der Waals surface area contributed by atoms with Crippen LogP contribution in [0.2, 0.25) is 0 Å². The molecule has 54 valence electrons. The zero-order valence-corrected chi connectivity index (χ0v) is 8.26. The second-order valence-electron chi connectivity index (χ2n) is 2.45. The largest absolute Gasteiger partial charge is 0.142 e. The normalized spacial score (nSPS) is 11.6. The molecular weight excluding hydrogens is 191 g/mol. The quantitative estimate of drug-likeness (QED) is 0.506. The number of hydrogen-bond donors (Lipinski definition) is 0. The standard InChI is InChI=1S/C8H5PS2/c1-3-10-7-5(1)9-6-2-4-11-8(6)7/h1-4,9H. The van der Waals surface area contributed by atoms with Gasteiger partial charge in [-0.2, -0.15) is 0 Å². The first kappa shape index (κ1) is 6.24. The van der Waals surface area contributed by atoms with Crippen LogP contribution < -0.4 is 0 Å². The van der Waals surface area contributed by atoms with Crippen molar-refractivity contribution in [2.45, 2.75) is 0 Å². The fraction of sp³-hybridized carbons (Fsp3) is 0. The van der Waals surface area contributed by atoms with Crippen LogP contribution in [0.4, 0.5) is 0 Å². The van der Waals surface area contributed by atoms with Crippen LogP contribution in [0.15, 0.2) is 22.9 Å². The molecule has 3 heteroatoms. The van der Waals surface area contributed by atoms with Gasteiger partial charge < -0.3 is 0 Å². The molecule has 0 saturated carbocycles. The third kappa shape index (κ3) is 0.750. The van der Waals surface area contributed by atoms with Crippen LogP contribution in [0.3, 0.4) is 0 Å². The van der Waals surface area contributed by atoms with E-state index in [0.717, 1.165) is 8.19 Å². The van der Waals surface area contributed by atoms with Gasteiger partial charge in [0, 0.05) is 10.2 Å². The molecule has 3 aromatic heterocycles. The van der Waals surface area contributed by atoms with Crippen molar-refractivity contribution in [1.29, 1.82) is 0 Å². The van der Waals surface area contributed by atoms with Crippen LogP contribution in [0.1, 0.15) is 0 Å². The molecule has 0 amide bonds. The molecule has 0 unspecified atom stereocenters. The topological polar surface area (TPSA) is 0 Å². The van der Waals surface area contributed by atoms with Crippen molar-refractivity contribution < 1.29 is 0 Å². The Morgan fingerprint density at radius 1 is 0.909 bits per heavy atom. The molecule has 0 aliphatic rings. The summed E-state index contributed by atoms with van der Waals surface area (Å²) in [6.45, 7) is 0. The maximum absolute atomic E-state index is 2.26. The van der Waals surface area contributed by atoms with Crippen molar-refractivity contribution in [1.82, 2.24) is 0 Å². The molecule has 3 rings (SSSR count). The third-order valence-corrected chi connectivity index (χ3v) is 5.53. The van der Waals surface area contributed by atoms with Crippen molar-refractivity contribution in [3.8, 4) is 0 Å². The Labute approximate surface area is 73.6 Å². The summed E-state index contributed by atoms with van der Waals surface area (Å²) in [5.41, 5.74) is 0. The van der Waals surface area contributed by atoms with Gasteiger partial charge in [0.05, 0.1) is 9.40 Å². The second kappa shape index (κ2) is 2.10. The smallest absolute Gasteiger partial charge is 0.0561 e. The lowest BCUT2D eigenvalue weighted by molar-refractivity contribution is 2.25. The van der Waals surface area contributed by atoms with Gasteiger partial charge in [-0.05, 0) is 22.9 Å². The number of hydrogen-bond acceptors (Lipinski definition) is 2. The first-order valence-electron chi connectivity index (χ1n) is 3.37. The minimum absolute atomic E-state index is 0.921. The van der Waals surface area contributed by atoms with E-state index in [2.05, 4.69) is 22.9 Å². The SMILES string of the molecule is c1cc2[pH]c3ccsc3c2s1. The molecule has 0 spiro atoms. The van der Waals surface area contributed by atoms with E-state index in [1.54, 1.807) is 10.2 Å². The third-order valence-electron chi connectivity index (χ3n) is 1.81. The Morgan fingerprint density at radius 3 is 2.00 bits per heavy atom. The average Bonchev–Trinajstić information content (AvgIpc) is 2.52. The molecule has 11 heavy (non-hydrogen) atoms. The van der Waals surface area contributed by atoms with E-state index in [0.29, 0.717) is 0 Å². The minimum Gasteiger partial charge on any atom is -0.142 e. The number of rotatable bonds is 0. The van der Waals surface area contributed by atoms with Crippen LogP contribution in [-0.4, -0.2) is 0 Å². The van der Waals surface area contributed by atoms with Gasteiger partial charge in [0.2, 0.25) is 0 Å². The average molecular weight is 196 g/mol. The Kier molecular flexibility index (Phi) is 1.19. The molecule has 0 aliphatic carbocycles. The Morgan fingerprint density at radius 2 is 1.45 bits per heavy atom. The summed E-state index contributed by atoms with van der Waals surface area (Å²) < 4.78 is 3.04. The van der Waals surface area contributed by atoms with E-state index >= 15 is 0 Å². The highest BCUT2D eigenvalue weighted by atomic mass is 32.1. The second-order valence-corrected chi connectivity index (χ2v) is 5.61. The summed E-state index contributed by atoms with van der Waals surface area (Å²) >= 11 is 3.75. The molecule has 0 nitrogen and oxygen atoms in total. The summed E-state index contributed by atoms with van der Waals surface area (Å²) in [5, 5.41) is 7.49. The van der Waals surface area contributed by atoms with Gasteiger partial charge in [-0.15, -0.1) is 30.9 Å². The van der Waals surface area contributed by atoms with Gasteiger partial charge in [-0.3, -0.25) is 0 Å². The van der Waals surface area contributed by atoms with Crippen molar-refractivity contribution >= 4 is 50.5 Å². The summed E-state index contributed by atoms with van der Waals surface area (Å²) in [6, 6.07) is 4.51. The Hall–Kier alpha value is -0.300. The van der Waals surface area contributed by atoms with E-state index < -0.39 is 0 Å². The van der Waals surface area contributed by atoms with Gasteiger partial charge >= 0.3 is 0 Å². The van der Waals surface area contributed by atoms with E-state index in [1.165, 1.54) is 9.40 Å². The van der Waals surface area contributed by atoms with Crippen LogP contribution in [0, 0.1) is 0 Å². The molecule has 0 bridgehead atoms. The molecule has 0 saturated heterocycles. The molecule has 0 atom stereocenters. The highest BCUT2D eigenvalue weighted by molar-refractivity contribution is 7.49. The van der Waals surface area contributed by atoms with Gasteiger partial charge in [-0.1, -0.05) is 0 Å². The zero-order valence-electron chi connectivity index (χ0n) is 5.63. The molecule has 0 radical (unpaired) electrons. The van der Waals surface area contributed by atoms with Gasteiger partial charge in [0.1, 0.15) is 0 Å². The molecule has 3 aromatic rings. The van der Waals surface area contributed by atoms with E-state index in [9.17, 15) is 0 Å². The Balaban J connectivity index is 2.75. The molecule has 3 heterocycles. The maximum Gasteiger partial charge on any atom is 0.0561 e. The van der Waals surface area contributed by atoms with Crippen LogP contribution >= 0.6 is 30.9 Å². The minimum atomic E-state index is 0.921. The van der Waals surface area contributed by atoms with Crippen molar-refractivity contribution in [3.63, 3.8) is 0 Å². The number of fused-ring (bicyclic) bond motifs is 3. The first-order valence-corrected chi connectivity index (χ1v) is 6.13. The predicted octanol–water partition coefficient (Wildman–Crippen LogP) is 4.15. The monoisotopic (exact) mass is 196 g/mol. The van der Waals surface area contributed by atoms with Crippen LogP contribution in [0.25, 0.3) is 19.6 Å². The summed E-state index contributed by atoms with van der Waals surface area (Å²) in [7, 11) is 0.921. The molecule has 0 fully saturated rings. The van der Waals surface area contributed by atoms with Gasteiger partial charge in [-0.25, -0.2) is 0 Å². The summed E-state index contributed by atoms with van der Waals surface area (Å²) in [5.74, 6) is 0. The molecule has 0 N–H and O–H groups in total. The highest BCUT2D eigenvalue weighted by Crippen LogP contribution is 2.43. The number of thiophene rings is 2. The van der Waals surface area contributed by atoms with Gasteiger partial charge in [0.15, 0.2) is 0 Å². The first-order chi connectivity index (χ1) is 5.45. The van der Waals surface area contributed by atoms with Crippen LogP contribution in [0.5, 0.6) is 0 Å². The molecule has 0 aliphatic heterocycles. The van der Waals surface area contributed by atoms with E-state index in [1.807, 2.05) is 22.7 Å². The zero-order chi connectivity index (χ0) is 7.26. The van der Waals surface area contributed by atoms with Crippen molar-refractivity contribution in [2.75, 3.05) is 0 Å². The fourth-order valence-corrected chi connectivity index (χ4v) is 5.29. The Bertz CT molecular complexity index is 455. The lowest BCUT2D eigenvalue weighted by atomic mass is 10.5. The molecular formula is C8H5PS2. The van der Waals surface area contributed by atoms with Crippen LogP contribution in [-0.2, 0) is 0 Å². The van der Waals surface area contributed by atoms with Gasteiger partial charge in [0.25, 0.3) is 0 Å². The van der Waals surface area contributed by atoms with Crippen molar-refractivity contribution in [3.05, 3.63) is 22.9 Å². The lowest BCUT2D eigenvalue weighted by Crippen LogP contribution is -1.39. The van der Waals surface area contributed by atoms with Crippen molar-refractivity contribution in [2.24, 2.45) is 0 Å². The fourth-order valence-electron chi connectivity index (χ4n) is 1.31. The summed E-state index contributed by atoms with van der Waals surface area (Å²) in [6.07, 6.45) is 0. The summed E-state index contributed by atoms with van der Waals surface area (Å²) in [4.78, 5) is 0. The van der Waals surface area contributed by atoms with E-state index in [-0.39, 0.29) is 0 Å². The molecule has 0 aromatic carbocycles. The van der Waals surface area contributed by atoms with E-state index in [4.69, 9.17) is 0 Å². The predicted molar refractivity (Wildman–Crippen MR) is 56.7 cm³/mol. The maximum atomic E-state index is 2.26. The highest BCUT2D eigenvalue weighted by Gasteiger charge is 2.04.